The Hall–Kier alpha value is -0.830. The summed E-state index contributed by atoms with van der Waals surface area (Å²) < 4.78 is 5.62. The molecule has 0 amide bonds. The van der Waals surface area contributed by atoms with E-state index in [0.29, 0.717) is 6.04 Å². The molecule has 1 aromatic rings. The lowest BCUT2D eigenvalue weighted by Crippen LogP contribution is -2.28. The van der Waals surface area contributed by atoms with Gasteiger partial charge in [-0.15, -0.1) is 0 Å². The highest BCUT2D eigenvalue weighted by Gasteiger charge is 2.18. The zero-order valence-electron chi connectivity index (χ0n) is 12.7. The Morgan fingerprint density at radius 2 is 2.05 bits per heavy atom. The van der Waals surface area contributed by atoms with Crippen molar-refractivity contribution in [3.8, 4) is 0 Å². The molecule has 1 aromatic heterocycles. The number of hydrogen-bond donors (Lipinski definition) is 1. The number of aryl methyl sites for hydroxylation is 2. The van der Waals surface area contributed by atoms with Gasteiger partial charge in [-0.05, 0) is 39.0 Å². The van der Waals surface area contributed by atoms with E-state index in [9.17, 15) is 0 Å². The summed E-state index contributed by atoms with van der Waals surface area (Å²) in [5, 5.41) is 3.62. The fourth-order valence-electron chi connectivity index (χ4n) is 3.13. The van der Waals surface area contributed by atoms with Gasteiger partial charge in [-0.3, -0.25) is 0 Å². The molecule has 0 aliphatic heterocycles. The highest BCUT2D eigenvalue weighted by Crippen LogP contribution is 2.26. The molecule has 2 atom stereocenters. The van der Waals surface area contributed by atoms with Crippen LogP contribution in [0.15, 0.2) is 4.42 Å². The second-order valence-corrected chi connectivity index (χ2v) is 5.99. The molecular weight excluding hydrogens is 236 g/mol. The van der Waals surface area contributed by atoms with Crippen LogP contribution >= 0.6 is 0 Å². The lowest BCUT2D eigenvalue weighted by atomic mass is 9.95. The molecule has 19 heavy (non-hydrogen) atoms. The number of oxazole rings is 1. The smallest absolute Gasteiger partial charge is 0.208 e. The molecule has 1 saturated carbocycles. The summed E-state index contributed by atoms with van der Waals surface area (Å²) in [5.74, 6) is 2.74. The van der Waals surface area contributed by atoms with Gasteiger partial charge in [0.05, 0.1) is 12.2 Å². The molecular formula is C16H28N2O. The van der Waals surface area contributed by atoms with E-state index in [1.54, 1.807) is 0 Å². The van der Waals surface area contributed by atoms with Crippen molar-refractivity contribution in [3.63, 3.8) is 0 Å². The summed E-state index contributed by atoms with van der Waals surface area (Å²) >= 11 is 0. The van der Waals surface area contributed by atoms with Crippen LogP contribution in [-0.4, -0.2) is 11.0 Å². The Labute approximate surface area is 117 Å². The number of nitrogens with one attached hydrogen (secondary N) is 1. The minimum Gasteiger partial charge on any atom is -0.444 e. The Bertz CT molecular complexity index is 367. The van der Waals surface area contributed by atoms with Crippen LogP contribution in [0.4, 0.5) is 0 Å². The van der Waals surface area contributed by atoms with Gasteiger partial charge in [0.15, 0.2) is 0 Å². The molecule has 0 aromatic carbocycles. The molecule has 0 radical (unpaired) electrons. The van der Waals surface area contributed by atoms with E-state index in [1.807, 2.05) is 13.8 Å². The molecule has 0 bridgehead atoms. The lowest BCUT2D eigenvalue weighted by molar-refractivity contribution is 0.388. The Balaban J connectivity index is 1.77. The number of aromatic nitrogens is 1. The molecule has 3 heteroatoms. The second-order valence-electron chi connectivity index (χ2n) is 5.99. The third-order valence-corrected chi connectivity index (χ3v) is 4.40. The quantitative estimate of drug-likeness (QED) is 0.813. The average Bonchev–Trinajstić information content (AvgIpc) is 2.60. The summed E-state index contributed by atoms with van der Waals surface area (Å²) in [6.07, 6.45) is 9.52. The molecule has 2 rings (SSSR count). The third-order valence-electron chi connectivity index (χ3n) is 4.40. The molecule has 2 unspecified atom stereocenters. The van der Waals surface area contributed by atoms with Gasteiger partial charge in [0.1, 0.15) is 5.76 Å². The van der Waals surface area contributed by atoms with Gasteiger partial charge in [0, 0.05) is 6.04 Å². The van der Waals surface area contributed by atoms with Crippen molar-refractivity contribution in [3.05, 3.63) is 17.3 Å². The minimum absolute atomic E-state index is 0.648. The molecule has 1 heterocycles. The molecule has 1 aliphatic carbocycles. The van der Waals surface area contributed by atoms with Crippen molar-refractivity contribution < 1.29 is 4.42 Å². The van der Waals surface area contributed by atoms with Gasteiger partial charge in [-0.25, -0.2) is 4.98 Å². The van der Waals surface area contributed by atoms with E-state index in [-0.39, 0.29) is 0 Å². The van der Waals surface area contributed by atoms with Crippen molar-refractivity contribution in [2.24, 2.45) is 5.92 Å². The molecule has 0 spiro atoms. The van der Waals surface area contributed by atoms with E-state index in [1.165, 1.54) is 44.9 Å². The Morgan fingerprint density at radius 3 is 2.74 bits per heavy atom. The van der Waals surface area contributed by atoms with Crippen LogP contribution in [0.2, 0.25) is 0 Å². The standard InChI is InChI=1S/C16H28N2O/c1-4-6-14-7-5-8-15(10-9-14)17-11-16-18-12(2)13(3)19-16/h14-15,17H,4-11H2,1-3H3. The molecule has 1 N–H and O–H groups in total. The van der Waals surface area contributed by atoms with Gasteiger partial charge >= 0.3 is 0 Å². The normalized spacial score (nSPS) is 24.4. The summed E-state index contributed by atoms with van der Waals surface area (Å²) in [6.45, 7) is 7.06. The van der Waals surface area contributed by atoms with E-state index >= 15 is 0 Å². The maximum absolute atomic E-state index is 5.62. The summed E-state index contributed by atoms with van der Waals surface area (Å²) in [4.78, 5) is 4.43. The first-order chi connectivity index (χ1) is 9.19. The fourth-order valence-corrected chi connectivity index (χ4v) is 3.13. The van der Waals surface area contributed by atoms with Crippen LogP contribution in [0.3, 0.4) is 0 Å². The number of nitrogens with zero attached hydrogens (tertiary/aromatic N) is 1. The van der Waals surface area contributed by atoms with Crippen LogP contribution < -0.4 is 5.32 Å². The fraction of sp³-hybridized carbons (Fsp3) is 0.812. The highest BCUT2D eigenvalue weighted by atomic mass is 16.4. The van der Waals surface area contributed by atoms with Crippen molar-refractivity contribution in [1.82, 2.24) is 10.3 Å². The first-order valence-corrected chi connectivity index (χ1v) is 7.85. The predicted molar refractivity (Wildman–Crippen MR) is 78.1 cm³/mol. The summed E-state index contributed by atoms with van der Waals surface area (Å²) in [6, 6.07) is 0.648. The molecule has 1 fully saturated rings. The zero-order chi connectivity index (χ0) is 13.7. The van der Waals surface area contributed by atoms with Gasteiger partial charge in [0.25, 0.3) is 0 Å². The van der Waals surface area contributed by atoms with Crippen LogP contribution in [0.5, 0.6) is 0 Å². The maximum atomic E-state index is 5.62. The molecule has 3 nitrogen and oxygen atoms in total. The number of hydrogen-bond acceptors (Lipinski definition) is 3. The molecule has 1 aliphatic rings. The number of rotatable bonds is 5. The van der Waals surface area contributed by atoms with Gasteiger partial charge < -0.3 is 9.73 Å². The predicted octanol–water partition coefficient (Wildman–Crippen LogP) is 4.13. The van der Waals surface area contributed by atoms with Crippen LogP contribution in [0.25, 0.3) is 0 Å². The lowest BCUT2D eigenvalue weighted by Gasteiger charge is -2.15. The van der Waals surface area contributed by atoms with E-state index in [0.717, 1.165) is 29.8 Å². The first-order valence-electron chi connectivity index (χ1n) is 7.85. The van der Waals surface area contributed by atoms with Gasteiger partial charge in [0.2, 0.25) is 5.89 Å². The second kappa shape index (κ2) is 7.09. The maximum Gasteiger partial charge on any atom is 0.208 e. The Morgan fingerprint density at radius 1 is 1.21 bits per heavy atom. The zero-order valence-corrected chi connectivity index (χ0v) is 12.7. The highest BCUT2D eigenvalue weighted by molar-refractivity contribution is 5.05. The van der Waals surface area contributed by atoms with Crippen LogP contribution in [0, 0.1) is 19.8 Å². The molecule has 108 valence electrons. The van der Waals surface area contributed by atoms with Gasteiger partial charge in [-0.1, -0.05) is 32.6 Å². The van der Waals surface area contributed by atoms with Crippen molar-refractivity contribution in [2.45, 2.75) is 78.3 Å². The summed E-state index contributed by atoms with van der Waals surface area (Å²) in [7, 11) is 0. The van der Waals surface area contributed by atoms with E-state index in [4.69, 9.17) is 4.42 Å². The first kappa shape index (κ1) is 14.6. The largest absolute Gasteiger partial charge is 0.444 e. The topological polar surface area (TPSA) is 38.1 Å². The minimum atomic E-state index is 0.648. The van der Waals surface area contributed by atoms with Crippen LogP contribution in [0.1, 0.15) is 69.2 Å². The average molecular weight is 264 g/mol. The monoisotopic (exact) mass is 264 g/mol. The van der Waals surface area contributed by atoms with E-state index < -0.39 is 0 Å². The van der Waals surface area contributed by atoms with Crippen molar-refractivity contribution >= 4 is 0 Å². The van der Waals surface area contributed by atoms with Crippen molar-refractivity contribution in [2.75, 3.05) is 0 Å². The molecule has 0 saturated heterocycles. The third kappa shape index (κ3) is 4.34. The van der Waals surface area contributed by atoms with E-state index in [2.05, 4.69) is 17.2 Å². The van der Waals surface area contributed by atoms with Crippen molar-refractivity contribution in [1.29, 1.82) is 0 Å². The Kier molecular flexibility index (Phi) is 5.44. The summed E-state index contributed by atoms with van der Waals surface area (Å²) in [5.41, 5.74) is 1.01. The van der Waals surface area contributed by atoms with Gasteiger partial charge in [-0.2, -0.15) is 0 Å². The van der Waals surface area contributed by atoms with Crippen LogP contribution in [-0.2, 0) is 6.54 Å². The SMILES string of the molecule is CCCC1CCCC(NCc2nc(C)c(C)o2)CC1.